The molecule has 3 rings (SSSR count). The van der Waals surface area contributed by atoms with E-state index in [2.05, 4.69) is 36.3 Å². The summed E-state index contributed by atoms with van der Waals surface area (Å²) in [5.74, 6) is 0.877. The van der Waals surface area contributed by atoms with Gasteiger partial charge in [-0.1, -0.05) is 6.07 Å². The van der Waals surface area contributed by atoms with Crippen molar-refractivity contribution in [3.8, 4) is 0 Å². The first-order valence-electron chi connectivity index (χ1n) is 9.64. The Labute approximate surface area is 165 Å². The first-order chi connectivity index (χ1) is 13.5. The number of aliphatic hydroxyl groups is 1. The van der Waals surface area contributed by atoms with E-state index in [1.807, 2.05) is 36.2 Å². The van der Waals surface area contributed by atoms with Crippen molar-refractivity contribution in [3.05, 3.63) is 58.9 Å². The summed E-state index contributed by atoms with van der Waals surface area (Å²) in [5, 5.41) is 12.0. The summed E-state index contributed by atoms with van der Waals surface area (Å²) in [5.41, 5.74) is 6.16. The zero-order chi connectivity index (χ0) is 20.1. The Bertz CT molecular complexity index is 947. The van der Waals surface area contributed by atoms with Crippen LogP contribution >= 0.6 is 0 Å². The van der Waals surface area contributed by atoms with Crippen LogP contribution in [0.4, 0.5) is 5.69 Å². The molecule has 0 fully saturated rings. The molecule has 0 aliphatic carbocycles. The van der Waals surface area contributed by atoms with Crippen molar-refractivity contribution in [2.45, 2.75) is 26.7 Å². The number of fused-ring (bicyclic) bond motifs is 1. The van der Waals surface area contributed by atoms with Gasteiger partial charge in [0.25, 0.3) is 5.91 Å². The number of hydrogen-bond donors (Lipinski definition) is 3. The Balaban J connectivity index is 1.50. The number of aliphatic hydroxyl groups excluding tert-OH is 1. The average molecular weight is 380 g/mol. The third kappa shape index (κ3) is 4.51. The number of carbonyl (C=O) groups is 1. The van der Waals surface area contributed by atoms with Gasteiger partial charge in [0.2, 0.25) is 0 Å². The molecular weight excluding hydrogens is 352 g/mol. The summed E-state index contributed by atoms with van der Waals surface area (Å²) in [6, 6.07) is 11.6. The summed E-state index contributed by atoms with van der Waals surface area (Å²) in [6.45, 7) is 5.45. The lowest BCUT2D eigenvalue weighted by atomic mass is 10.1. The van der Waals surface area contributed by atoms with E-state index in [4.69, 9.17) is 10.1 Å². The highest BCUT2D eigenvalue weighted by molar-refractivity contribution is 5.94. The average Bonchev–Trinajstić information content (AvgIpc) is 3.12. The Morgan fingerprint density at radius 2 is 1.93 bits per heavy atom. The van der Waals surface area contributed by atoms with Crippen molar-refractivity contribution >= 4 is 22.6 Å². The summed E-state index contributed by atoms with van der Waals surface area (Å²) in [7, 11) is 1.91. The van der Waals surface area contributed by atoms with Gasteiger partial charge in [0, 0.05) is 37.8 Å². The Morgan fingerprint density at radius 3 is 2.64 bits per heavy atom. The minimum absolute atomic E-state index is 0.0764. The fourth-order valence-corrected chi connectivity index (χ4v) is 3.19. The molecule has 0 saturated heterocycles. The van der Waals surface area contributed by atoms with Crippen LogP contribution in [0, 0.1) is 13.8 Å². The number of aryl methyl sites for hydroxylation is 3. The molecule has 0 radical (unpaired) electrons. The van der Waals surface area contributed by atoms with Crippen LogP contribution in [0.2, 0.25) is 0 Å². The number of likely N-dealkylation sites (N-methyl/N-ethyl adjacent to an activating group) is 1. The van der Waals surface area contributed by atoms with Gasteiger partial charge in [-0.2, -0.15) is 0 Å². The molecule has 3 N–H and O–H groups in total. The summed E-state index contributed by atoms with van der Waals surface area (Å²) >= 11 is 0. The van der Waals surface area contributed by atoms with E-state index in [1.54, 1.807) is 0 Å². The van der Waals surface area contributed by atoms with Gasteiger partial charge in [0.15, 0.2) is 0 Å². The van der Waals surface area contributed by atoms with Gasteiger partial charge >= 0.3 is 0 Å². The Hall–Kier alpha value is -2.86. The first kappa shape index (κ1) is 19.9. The van der Waals surface area contributed by atoms with E-state index < -0.39 is 0 Å². The molecule has 1 amide bonds. The Morgan fingerprint density at radius 1 is 1.18 bits per heavy atom. The number of hydrogen-bond acceptors (Lipinski definition) is 4. The molecule has 0 atom stereocenters. The lowest BCUT2D eigenvalue weighted by molar-refractivity contribution is 0.0953. The van der Waals surface area contributed by atoms with Crippen molar-refractivity contribution in [2.24, 2.45) is 0 Å². The quantitative estimate of drug-likeness (QED) is 0.525. The fraction of sp³-hybridized carbons (Fsp3) is 0.364. The minimum Gasteiger partial charge on any atom is -0.395 e. The number of rotatable bonds is 8. The largest absolute Gasteiger partial charge is 0.395 e. The van der Waals surface area contributed by atoms with Crippen LogP contribution in [-0.4, -0.2) is 47.7 Å². The molecule has 0 aliphatic heterocycles. The van der Waals surface area contributed by atoms with Crippen LogP contribution in [0.3, 0.4) is 0 Å². The maximum Gasteiger partial charge on any atom is 0.251 e. The molecule has 6 heteroatoms. The van der Waals surface area contributed by atoms with Gasteiger partial charge in [0.1, 0.15) is 5.82 Å². The molecule has 1 aromatic heterocycles. The van der Waals surface area contributed by atoms with Crippen LogP contribution in [0.15, 0.2) is 36.4 Å². The van der Waals surface area contributed by atoms with Gasteiger partial charge < -0.3 is 20.3 Å². The first-order valence-corrected chi connectivity index (χ1v) is 9.64. The van der Waals surface area contributed by atoms with E-state index in [0.29, 0.717) is 18.7 Å². The van der Waals surface area contributed by atoms with Gasteiger partial charge in [-0.15, -0.1) is 0 Å². The van der Waals surface area contributed by atoms with Crippen LogP contribution in [0.1, 0.15) is 33.7 Å². The molecule has 0 unspecified atom stereocenters. The number of aromatic nitrogens is 2. The van der Waals surface area contributed by atoms with Gasteiger partial charge in [-0.05, 0) is 61.7 Å². The van der Waals surface area contributed by atoms with Gasteiger partial charge in [-0.25, -0.2) is 4.98 Å². The van der Waals surface area contributed by atoms with Crippen LogP contribution < -0.4 is 10.2 Å². The Kier molecular flexibility index (Phi) is 6.31. The number of carbonyl (C=O) groups excluding carboxylic acids is 1. The number of imidazole rings is 1. The van der Waals surface area contributed by atoms with Crippen molar-refractivity contribution in [3.63, 3.8) is 0 Å². The molecule has 0 aliphatic rings. The van der Waals surface area contributed by atoms with Crippen LogP contribution in [0.5, 0.6) is 0 Å². The second-order valence-corrected chi connectivity index (χ2v) is 7.14. The molecule has 6 nitrogen and oxygen atoms in total. The number of benzene rings is 2. The molecule has 148 valence electrons. The smallest absolute Gasteiger partial charge is 0.251 e. The number of anilines is 1. The summed E-state index contributed by atoms with van der Waals surface area (Å²) < 4.78 is 0. The number of amides is 1. The predicted molar refractivity (Wildman–Crippen MR) is 113 cm³/mol. The summed E-state index contributed by atoms with van der Waals surface area (Å²) in [4.78, 5) is 22.3. The predicted octanol–water partition coefficient (Wildman–Crippen LogP) is 2.97. The van der Waals surface area contributed by atoms with E-state index in [9.17, 15) is 4.79 Å². The maximum absolute atomic E-state index is 12.3. The molecule has 28 heavy (non-hydrogen) atoms. The van der Waals surface area contributed by atoms with E-state index in [0.717, 1.165) is 35.4 Å². The molecule has 0 spiro atoms. The fourth-order valence-electron chi connectivity index (χ4n) is 3.19. The molecule has 2 aromatic carbocycles. The van der Waals surface area contributed by atoms with E-state index in [-0.39, 0.29) is 12.5 Å². The standard InChI is InChI=1S/C22H28N4O2/c1-15-6-11-19-21(16(15)2)25-20(24-19)5-4-12-23-22(28)17-7-9-18(10-8-17)26(3)13-14-27/h6-11,27H,4-5,12-14H2,1-3H3,(H,23,28)(H,24,25). The van der Waals surface area contributed by atoms with E-state index >= 15 is 0 Å². The second-order valence-electron chi connectivity index (χ2n) is 7.14. The lowest BCUT2D eigenvalue weighted by Gasteiger charge is -2.18. The third-order valence-electron chi connectivity index (χ3n) is 5.11. The monoisotopic (exact) mass is 380 g/mol. The van der Waals surface area contributed by atoms with Gasteiger partial charge in [-0.3, -0.25) is 4.79 Å². The van der Waals surface area contributed by atoms with Crippen molar-refractivity contribution < 1.29 is 9.90 Å². The van der Waals surface area contributed by atoms with Gasteiger partial charge in [0.05, 0.1) is 17.6 Å². The topological polar surface area (TPSA) is 81.2 Å². The number of nitrogens with one attached hydrogen (secondary N) is 2. The second kappa shape index (κ2) is 8.89. The molecular formula is C22H28N4O2. The summed E-state index contributed by atoms with van der Waals surface area (Å²) in [6.07, 6.45) is 1.61. The minimum atomic E-state index is -0.0764. The number of aromatic amines is 1. The van der Waals surface area contributed by atoms with Crippen LogP contribution in [-0.2, 0) is 6.42 Å². The van der Waals surface area contributed by atoms with Crippen LogP contribution in [0.25, 0.3) is 11.0 Å². The molecule has 0 bridgehead atoms. The number of nitrogens with zero attached hydrogens (tertiary/aromatic N) is 2. The molecule has 3 aromatic rings. The van der Waals surface area contributed by atoms with E-state index in [1.165, 1.54) is 11.1 Å². The number of H-pyrrole nitrogens is 1. The highest BCUT2D eigenvalue weighted by Gasteiger charge is 2.09. The SMILES string of the molecule is Cc1ccc2[nH]c(CCCNC(=O)c3ccc(N(C)CCO)cc3)nc2c1C. The van der Waals surface area contributed by atoms with Crippen molar-refractivity contribution in [1.29, 1.82) is 0 Å². The third-order valence-corrected chi connectivity index (χ3v) is 5.11. The zero-order valence-corrected chi connectivity index (χ0v) is 16.7. The normalized spacial score (nSPS) is 11.0. The molecule has 0 saturated carbocycles. The maximum atomic E-state index is 12.3. The highest BCUT2D eigenvalue weighted by atomic mass is 16.3. The highest BCUT2D eigenvalue weighted by Crippen LogP contribution is 2.19. The zero-order valence-electron chi connectivity index (χ0n) is 16.7. The van der Waals surface area contributed by atoms with Crippen molar-refractivity contribution in [2.75, 3.05) is 31.6 Å². The molecule has 1 heterocycles. The lowest BCUT2D eigenvalue weighted by Crippen LogP contribution is -2.25. The van der Waals surface area contributed by atoms with Crippen molar-refractivity contribution in [1.82, 2.24) is 15.3 Å².